The molecule has 0 heterocycles. The summed E-state index contributed by atoms with van der Waals surface area (Å²) in [4.78, 5) is 13.0. The maximum Gasteiger partial charge on any atom is 0.224 e. The molecule has 3 rings (SSSR count). The van der Waals surface area contributed by atoms with Gasteiger partial charge in [-0.15, -0.1) is 0 Å². The van der Waals surface area contributed by atoms with E-state index < -0.39 is 5.41 Å². The molecule has 138 valence electrons. The number of nitrogens with two attached hydrogens (primary N) is 1. The van der Waals surface area contributed by atoms with Gasteiger partial charge >= 0.3 is 0 Å². The van der Waals surface area contributed by atoms with Crippen molar-refractivity contribution in [2.75, 3.05) is 0 Å². The molecule has 26 heavy (non-hydrogen) atoms. The minimum absolute atomic E-state index is 0.136. The van der Waals surface area contributed by atoms with Gasteiger partial charge in [-0.3, -0.25) is 4.79 Å². The minimum Gasteiger partial charge on any atom is -0.369 e. The molecule has 1 amide bonds. The number of benzene rings is 2. The molecule has 1 aliphatic rings. The fraction of sp³-hybridized carbons (Fsp3) is 0.458. The van der Waals surface area contributed by atoms with Gasteiger partial charge in [0, 0.05) is 5.92 Å². The van der Waals surface area contributed by atoms with Crippen molar-refractivity contribution < 1.29 is 4.79 Å². The van der Waals surface area contributed by atoms with Crippen LogP contribution in [0.5, 0.6) is 0 Å². The van der Waals surface area contributed by atoms with E-state index in [9.17, 15) is 4.79 Å². The fourth-order valence-corrected chi connectivity index (χ4v) is 4.93. The zero-order valence-corrected chi connectivity index (χ0v) is 16.1. The molecule has 3 atom stereocenters. The van der Waals surface area contributed by atoms with Gasteiger partial charge in [-0.1, -0.05) is 81.3 Å². The largest absolute Gasteiger partial charge is 0.369 e. The highest BCUT2D eigenvalue weighted by molar-refractivity contribution is 5.83. The fourth-order valence-electron chi connectivity index (χ4n) is 4.93. The Morgan fingerprint density at radius 3 is 2.50 bits per heavy atom. The number of rotatable bonds is 7. The molecule has 1 aliphatic carbocycles. The second-order valence-electron chi connectivity index (χ2n) is 7.98. The van der Waals surface area contributed by atoms with Gasteiger partial charge in [0.05, 0.1) is 5.41 Å². The lowest BCUT2D eigenvalue weighted by Gasteiger charge is -2.45. The van der Waals surface area contributed by atoms with E-state index >= 15 is 0 Å². The second-order valence-corrected chi connectivity index (χ2v) is 7.98. The Kier molecular flexibility index (Phi) is 5.80. The van der Waals surface area contributed by atoms with Crippen molar-refractivity contribution in [1.82, 2.24) is 0 Å². The summed E-state index contributed by atoms with van der Waals surface area (Å²) in [6, 6.07) is 19.1. The van der Waals surface area contributed by atoms with Crippen molar-refractivity contribution in [1.29, 1.82) is 0 Å². The average Bonchev–Trinajstić information content (AvgIpc) is 2.66. The summed E-state index contributed by atoms with van der Waals surface area (Å²) in [6.07, 6.45) is 5.91. The molecule has 2 N–H and O–H groups in total. The minimum atomic E-state index is -0.521. The van der Waals surface area contributed by atoms with Crippen molar-refractivity contribution in [2.24, 2.45) is 17.1 Å². The quantitative estimate of drug-likeness (QED) is 0.728. The summed E-state index contributed by atoms with van der Waals surface area (Å²) in [5.41, 5.74) is 9.60. The molecule has 2 aromatic carbocycles. The Labute approximate surface area is 157 Å². The van der Waals surface area contributed by atoms with Crippen LogP contribution in [-0.2, 0) is 17.6 Å². The lowest BCUT2D eigenvalue weighted by molar-refractivity contribution is -0.130. The normalized spacial score (nSPS) is 21.6. The van der Waals surface area contributed by atoms with Gasteiger partial charge in [0.2, 0.25) is 5.91 Å². The number of unbranched alkanes of at least 4 members (excludes halogenated alkanes) is 1. The van der Waals surface area contributed by atoms with Gasteiger partial charge in [-0.25, -0.2) is 0 Å². The van der Waals surface area contributed by atoms with Crippen LogP contribution in [-0.4, -0.2) is 5.91 Å². The molecule has 3 unspecified atom stereocenters. The maximum atomic E-state index is 13.0. The third kappa shape index (κ3) is 3.56. The molecule has 0 saturated heterocycles. The summed E-state index contributed by atoms with van der Waals surface area (Å²) in [5, 5.41) is 0. The second kappa shape index (κ2) is 8.07. The number of carbonyl (C=O) groups is 1. The molecule has 0 saturated carbocycles. The van der Waals surface area contributed by atoms with Crippen LogP contribution in [0.4, 0.5) is 0 Å². The van der Waals surface area contributed by atoms with Crippen molar-refractivity contribution in [3.05, 3.63) is 71.3 Å². The van der Waals surface area contributed by atoms with E-state index in [4.69, 9.17) is 5.73 Å². The highest BCUT2D eigenvalue weighted by Crippen LogP contribution is 2.51. The molecule has 0 radical (unpaired) electrons. The molecule has 2 nitrogen and oxygen atoms in total. The Bertz CT molecular complexity index is 739. The first-order valence-corrected chi connectivity index (χ1v) is 10.00. The van der Waals surface area contributed by atoms with Crippen LogP contribution in [0.3, 0.4) is 0 Å². The smallest absolute Gasteiger partial charge is 0.224 e. The molecule has 2 aromatic rings. The lowest BCUT2D eigenvalue weighted by atomic mass is 9.58. The highest BCUT2D eigenvalue weighted by Gasteiger charge is 2.48. The van der Waals surface area contributed by atoms with Crippen molar-refractivity contribution in [3.8, 4) is 0 Å². The van der Waals surface area contributed by atoms with Crippen LogP contribution >= 0.6 is 0 Å². The van der Waals surface area contributed by atoms with Crippen LogP contribution in [0.1, 0.15) is 62.1 Å². The number of primary amides is 1. The topological polar surface area (TPSA) is 43.1 Å². The Morgan fingerprint density at radius 2 is 1.81 bits per heavy atom. The van der Waals surface area contributed by atoms with Crippen LogP contribution in [0.2, 0.25) is 0 Å². The number of amides is 1. The Hall–Kier alpha value is -2.09. The third-order valence-corrected chi connectivity index (χ3v) is 6.25. The number of carbonyl (C=O) groups excluding carboxylic acids is 1. The number of fused-ring (bicyclic) bond motifs is 1. The monoisotopic (exact) mass is 349 g/mol. The molecule has 0 spiro atoms. The van der Waals surface area contributed by atoms with Crippen molar-refractivity contribution in [3.63, 3.8) is 0 Å². The predicted molar refractivity (Wildman–Crippen MR) is 108 cm³/mol. The zero-order valence-electron chi connectivity index (χ0n) is 16.1. The highest BCUT2D eigenvalue weighted by atomic mass is 16.1. The standard InChI is InChI=1S/C24H31NO/c1-3-4-16-24(23(25)26,17-19-10-6-5-7-11-19)22-18(2)14-15-20-12-8-9-13-21(20)22/h5-13,18,22H,3-4,14-17H2,1-2H3,(H2,25,26). The summed E-state index contributed by atoms with van der Waals surface area (Å²) in [7, 11) is 0. The lowest BCUT2D eigenvalue weighted by Crippen LogP contribution is -2.47. The molecule has 0 fully saturated rings. The summed E-state index contributed by atoms with van der Waals surface area (Å²) < 4.78 is 0. The summed E-state index contributed by atoms with van der Waals surface area (Å²) >= 11 is 0. The first-order valence-electron chi connectivity index (χ1n) is 10.00. The number of aryl methyl sites for hydroxylation is 1. The van der Waals surface area contributed by atoms with E-state index in [1.807, 2.05) is 6.07 Å². The van der Waals surface area contributed by atoms with Gasteiger partial charge in [0.25, 0.3) is 0 Å². The summed E-state index contributed by atoms with van der Waals surface area (Å²) in [5.74, 6) is 0.512. The number of hydrogen-bond donors (Lipinski definition) is 1. The van der Waals surface area contributed by atoms with Gasteiger partial charge in [0.15, 0.2) is 0 Å². The average molecular weight is 350 g/mol. The van der Waals surface area contributed by atoms with Crippen molar-refractivity contribution in [2.45, 2.75) is 58.3 Å². The van der Waals surface area contributed by atoms with E-state index in [0.717, 1.165) is 38.5 Å². The maximum absolute atomic E-state index is 13.0. The van der Waals surface area contributed by atoms with Gasteiger partial charge in [-0.05, 0) is 48.3 Å². The van der Waals surface area contributed by atoms with Crippen LogP contribution in [0.15, 0.2) is 54.6 Å². The first kappa shape index (κ1) is 18.7. The first-order chi connectivity index (χ1) is 12.6. The SMILES string of the molecule is CCCCC(Cc1ccccc1)(C(N)=O)C1c2ccccc2CCC1C. The number of hydrogen-bond acceptors (Lipinski definition) is 1. The molecule has 0 bridgehead atoms. The Balaban J connectivity index is 2.11. The van der Waals surface area contributed by atoms with Gasteiger partial charge < -0.3 is 5.73 Å². The molecular weight excluding hydrogens is 318 g/mol. The van der Waals surface area contributed by atoms with E-state index in [1.54, 1.807) is 0 Å². The van der Waals surface area contributed by atoms with E-state index in [0.29, 0.717) is 5.92 Å². The van der Waals surface area contributed by atoms with E-state index in [1.165, 1.54) is 16.7 Å². The molecule has 2 heteroatoms. The van der Waals surface area contributed by atoms with Crippen LogP contribution in [0.25, 0.3) is 0 Å². The van der Waals surface area contributed by atoms with Crippen LogP contribution in [0, 0.1) is 11.3 Å². The molecular formula is C24H31NO. The summed E-state index contributed by atoms with van der Waals surface area (Å²) in [6.45, 7) is 4.49. The van der Waals surface area contributed by atoms with Crippen LogP contribution < -0.4 is 5.73 Å². The third-order valence-electron chi connectivity index (χ3n) is 6.25. The molecule has 0 aromatic heterocycles. The van der Waals surface area contributed by atoms with Gasteiger partial charge in [0.1, 0.15) is 0 Å². The Morgan fingerprint density at radius 1 is 1.12 bits per heavy atom. The van der Waals surface area contributed by atoms with Crippen molar-refractivity contribution >= 4 is 5.91 Å². The zero-order chi connectivity index (χ0) is 18.6. The van der Waals surface area contributed by atoms with E-state index in [2.05, 4.69) is 62.4 Å². The predicted octanol–water partition coefficient (Wildman–Crippen LogP) is 5.26. The van der Waals surface area contributed by atoms with E-state index in [-0.39, 0.29) is 11.8 Å². The molecule has 0 aliphatic heterocycles. The van der Waals surface area contributed by atoms with Gasteiger partial charge in [-0.2, -0.15) is 0 Å².